The average molecular weight is 775 g/mol. The van der Waals surface area contributed by atoms with Crippen LogP contribution in [0.15, 0.2) is 92.5 Å². The molecule has 6 aromatic rings. The van der Waals surface area contributed by atoms with Gasteiger partial charge in [0.25, 0.3) is 11.1 Å². The SMILES string of the molecule is Cc1cn([C@H]2C[C@H](n3cc(-c4ccc(F)cc4)nn3)[C@@H](CO)O2)c(=O)[nH]c1=O.Cc1cn([C@H]2C[C@H](n3nncc3-c3ccc(F)cc3)[C@@H](CO)O2)c(=O)[nH]c1=O. The normalized spacial score (nSPS) is 21.9. The summed E-state index contributed by atoms with van der Waals surface area (Å²) in [7, 11) is 0. The Morgan fingerprint density at radius 3 is 1.75 bits per heavy atom. The fourth-order valence-electron chi connectivity index (χ4n) is 6.74. The van der Waals surface area contributed by atoms with E-state index in [0.29, 0.717) is 46.5 Å². The molecule has 0 radical (unpaired) electrons. The number of nitrogens with zero attached hydrogens (tertiary/aromatic N) is 8. The highest BCUT2D eigenvalue weighted by Gasteiger charge is 2.40. The first-order valence-corrected chi connectivity index (χ1v) is 17.4. The lowest BCUT2D eigenvalue weighted by molar-refractivity contribution is -0.0323. The second-order valence-electron chi connectivity index (χ2n) is 13.3. The number of rotatable bonds is 8. The molecule has 4 N–H and O–H groups in total. The predicted molar refractivity (Wildman–Crippen MR) is 192 cm³/mol. The minimum Gasteiger partial charge on any atom is -0.394 e. The third-order valence-corrected chi connectivity index (χ3v) is 9.70. The molecule has 2 aliphatic heterocycles. The van der Waals surface area contributed by atoms with Gasteiger partial charge in [-0.3, -0.25) is 28.7 Å². The van der Waals surface area contributed by atoms with E-state index in [1.807, 2.05) is 0 Å². The first-order valence-electron chi connectivity index (χ1n) is 17.4. The number of aliphatic hydroxyl groups is 2. The van der Waals surface area contributed by atoms with E-state index >= 15 is 0 Å². The monoisotopic (exact) mass is 774 g/mol. The highest BCUT2D eigenvalue weighted by atomic mass is 19.1. The van der Waals surface area contributed by atoms with Gasteiger partial charge in [-0.1, -0.05) is 10.4 Å². The van der Waals surface area contributed by atoms with E-state index in [2.05, 4.69) is 30.6 Å². The minimum atomic E-state index is -0.685. The van der Waals surface area contributed by atoms with Crippen LogP contribution in [-0.2, 0) is 9.47 Å². The van der Waals surface area contributed by atoms with Crippen molar-refractivity contribution in [3.05, 3.63) is 138 Å². The van der Waals surface area contributed by atoms with Crippen LogP contribution in [0.5, 0.6) is 0 Å². The molecule has 8 rings (SSSR count). The van der Waals surface area contributed by atoms with Crippen LogP contribution in [0.2, 0.25) is 0 Å². The Morgan fingerprint density at radius 2 is 1.21 bits per heavy atom. The maximum absolute atomic E-state index is 13.2. The van der Waals surface area contributed by atoms with Gasteiger partial charge >= 0.3 is 11.4 Å². The van der Waals surface area contributed by atoms with Crippen LogP contribution in [0, 0.1) is 25.5 Å². The van der Waals surface area contributed by atoms with Crippen molar-refractivity contribution in [1.29, 1.82) is 0 Å². The van der Waals surface area contributed by atoms with Crippen molar-refractivity contribution in [2.75, 3.05) is 13.2 Å². The van der Waals surface area contributed by atoms with Crippen molar-refractivity contribution in [1.82, 2.24) is 49.1 Å². The van der Waals surface area contributed by atoms with Gasteiger partial charge in [-0.15, -0.1) is 10.2 Å². The van der Waals surface area contributed by atoms with Gasteiger partial charge in [0.1, 0.15) is 42.0 Å². The molecule has 4 aromatic heterocycles. The second kappa shape index (κ2) is 15.9. The van der Waals surface area contributed by atoms with Gasteiger partial charge in [-0.2, -0.15) is 0 Å². The molecule has 2 saturated heterocycles. The molecular formula is C36H36F2N10O8. The molecule has 20 heteroatoms. The van der Waals surface area contributed by atoms with E-state index in [-0.39, 0.29) is 30.9 Å². The number of H-pyrrole nitrogens is 2. The number of halogens is 2. The number of benzene rings is 2. The maximum Gasteiger partial charge on any atom is 0.330 e. The lowest BCUT2D eigenvalue weighted by atomic mass is 10.1. The van der Waals surface area contributed by atoms with E-state index in [0.717, 1.165) is 0 Å². The quantitative estimate of drug-likeness (QED) is 0.173. The van der Waals surface area contributed by atoms with Gasteiger partial charge in [0.05, 0.1) is 43.4 Å². The summed E-state index contributed by atoms with van der Waals surface area (Å²) in [6, 6.07) is 11.0. The van der Waals surface area contributed by atoms with Crippen LogP contribution in [-0.4, -0.2) is 84.7 Å². The molecule has 0 amide bonds. The van der Waals surface area contributed by atoms with Crippen LogP contribution < -0.4 is 22.5 Å². The van der Waals surface area contributed by atoms with Gasteiger partial charge in [0.2, 0.25) is 0 Å². The zero-order chi connectivity index (χ0) is 39.7. The predicted octanol–water partition coefficient (Wildman–Crippen LogP) is 1.53. The minimum absolute atomic E-state index is 0.274. The number of aryl methyl sites for hydroxylation is 2. The number of hydrogen-bond acceptors (Lipinski definition) is 12. The molecule has 0 unspecified atom stereocenters. The topological polar surface area (TPSA) is 230 Å². The smallest absolute Gasteiger partial charge is 0.330 e. The van der Waals surface area contributed by atoms with E-state index in [4.69, 9.17) is 9.47 Å². The lowest BCUT2D eigenvalue weighted by Crippen LogP contribution is -2.33. The fraction of sp³-hybridized carbons (Fsp3) is 0.333. The number of aromatic nitrogens is 10. The summed E-state index contributed by atoms with van der Waals surface area (Å²) in [5, 5.41) is 35.8. The van der Waals surface area contributed by atoms with Crippen molar-refractivity contribution >= 4 is 0 Å². The Morgan fingerprint density at radius 1 is 0.714 bits per heavy atom. The Kier molecular flexibility index (Phi) is 10.8. The molecule has 0 bridgehead atoms. The Labute approximate surface area is 314 Å². The summed E-state index contributed by atoms with van der Waals surface area (Å²) >= 11 is 0. The van der Waals surface area contributed by atoms with E-state index in [9.17, 15) is 38.2 Å². The summed E-state index contributed by atoms with van der Waals surface area (Å²) in [6.45, 7) is 2.62. The zero-order valence-electron chi connectivity index (χ0n) is 29.9. The Bertz CT molecular complexity index is 2560. The first kappa shape index (κ1) is 38.1. The van der Waals surface area contributed by atoms with Gasteiger partial charge < -0.3 is 19.7 Å². The Hall–Kier alpha value is -6.22. The Balaban J connectivity index is 0.000000172. The largest absolute Gasteiger partial charge is 0.394 e. The molecule has 6 heterocycles. The summed E-state index contributed by atoms with van der Waals surface area (Å²) in [4.78, 5) is 52.0. The third kappa shape index (κ3) is 7.67. The van der Waals surface area contributed by atoms with Gasteiger partial charge in [-0.05, 0) is 62.4 Å². The van der Waals surface area contributed by atoms with Crippen LogP contribution in [0.1, 0.15) is 48.5 Å². The van der Waals surface area contributed by atoms with Gasteiger partial charge in [0.15, 0.2) is 0 Å². The van der Waals surface area contributed by atoms with Crippen molar-refractivity contribution in [2.24, 2.45) is 0 Å². The molecule has 0 aliphatic carbocycles. The molecule has 2 aliphatic rings. The number of ether oxygens (including phenoxy) is 2. The molecular weight excluding hydrogens is 738 g/mol. The van der Waals surface area contributed by atoms with Crippen LogP contribution in [0.25, 0.3) is 22.5 Å². The van der Waals surface area contributed by atoms with Crippen LogP contribution in [0.3, 0.4) is 0 Å². The zero-order valence-corrected chi connectivity index (χ0v) is 29.9. The fourth-order valence-corrected chi connectivity index (χ4v) is 6.74. The van der Waals surface area contributed by atoms with Crippen LogP contribution >= 0.6 is 0 Å². The van der Waals surface area contributed by atoms with E-state index in [1.54, 1.807) is 59.9 Å². The first-order chi connectivity index (χ1) is 26.9. The van der Waals surface area contributed by atoms with Gasteiger partial charge in [-0.25, -0.2) is 27.7 Å². The van der Waals surface area contributed by atoms with E-state index in [1.165, 1.54) is 45.8 Å². The summed E-state index contributed by atoms with van der Waals surface area (Å²) in [5.74, 6) is -0.696. The van der Waals surface area contributed by atoms with Gasteiger partial charge in [0, 0.05) is 47.5 Å². The summed E-state index contributed by atoms with van der Waals surface area (Å²) in [5.41, 5.74) is 1.29. The van der Waals surface area contributed by atoms with Crippen molar-refractivity contribution in [3.63, 3.8) is 0 Å². The number of aliphatic hydroxyl groups excluding tert-OH is 2. The second-order valence-corrected chi connectivity index (χ2v) is 13.3. The molecule has 0 spiro atoms. The third-order valence-electron chi connectivity index (χ3n) is 9.70. The van der Waals surface area contributed by atoms with Crippen molar-refractivity contribution in [2.45, 2.75) is 63.4 Å². The van der Waals surface area contributed by atoms with E-state index < -0.39 is 53.2 Å². The number of hydrogen-bond donors (Lipinski definition) is 4. The standard InChI is InChI=1S/2C18H18FN5O4/c1-10-8-23(18(27)21-17(10)26)16-6-13(15(9-25)28-16)24-14(7-20-22-24)11-2-4-12(19)5-3-11;1-10-7-23(18(27)20-17(10)26)16-6-14(15(9-25)28-16)24-8-13(21-22-24)11-2-4-12(19)5-3-11/h2-5,7-8,13,15-16,25H,6,9H2,1H3,(H,21,26,27);2-5,7-8,14-16,25H,6,9H2,1H3,(H,20,26,27)/t13-,15+,16+;14-,15+,16+/m00/s1. The highest BCUT2D eigenvalue weighted by Crippen LogP contribution is 2.38. The number of nitrogens with one attached hydrogen (secondary N) is 2. The molecule has 292 valence electrons. The molecule has 56 heavy (non-hydrogen) atoms. The lowest BCUT2D eigenvalue weighted by Gasteiger charge is -2.18. The van der Waals surface area contributed by atoms with Crippen molar-refractivity contribution < 1.29 is 28.5 Å². The highest BCUT2D eigenvalue weighted by molar-refractivity contribution is 5.58. The molecule has 6 atom stereocenters. The van der Waals surface area contributed by atoms with Crippen molar-refractivity contribution in [3.8, 4) is 22.5 Å². The maximum atomic E-state index is 13.2. The molecule has 0 saturated carbocycles. The number of aromatic amines is 2. The summed E-state index contributed by atoms with van der Waals surface area (Å²) < 4.78 is 43.8. The van der Waals surface area contributed by atoms with Crippen LogP contribution in [0.4, 0.5) is 8.78 Å². The molecule has 18 nitrogen and oxygen atoms in total. The summed E-state index contributed by atoms with van der Waals surface area (Å²) in [6.07, 6.45) is 4.20. The molecule has 2 aromatic carbocycles. The average Bonchev–Trinajstić information content (AvgIpc) is 4.01. The molecule has 2 fully saturated rings.